The topological polar surface area (TPSA) is 50.4 Å². The summed E-state index contributed by atoms with van der Waals surface area (Å²) >= 11 is 0. The molecule has 1 fully saturated rings. The fraction of sp³-hybridized carbons (Fsp3) is 0.632. The summed E-state index contributed by atoms with van der Waals surface area (Å²) in [5, 5.41) is 6.50. The molecule has 1 atom stereocenters. The molecule has 23 heavy (non-hydrogen) atoms. The Labute approximate surface area is 140 Å². The Morgan fingerprint density at radius 1 is 1.26 bits per heavy atom. The standard InChI is InChI=1S/C19H30N2O2/c1-19(2,3)23-18(22)21-17(16-11-12-16)14-20-13-7-10-15-8-5-4-6-9-15/h4-6,8-9,16-17,20H,7,10-14H2,1-3H3,(H,21,22). The molecule has 1 aromatic rings. The van der Waals surface area contributed by atoms with Crippen molar-refractivity contribution in [3.63, 3.8) is 0 Å². The van der Waals surface area contributed by atoms with E-state index in [0.717, 1.165) is 25.9 Å². The highest BCUT2D eigenvalue weighted by molar-refractivity contribution is 5.68. The minimum atomic E-state index is -0.443. The van der Waals surface area contributed by atoms with Crippen LogP contribution in [0.25, 0.3) is 0 Å². The van der Waals surface area contributed by atoms with Gasteiger partial charge in [-0.1, -0.05) is 30.3 Å². The van der Waals surface area contributed by atoms with Crippen LogP contribution < -0.4 is 10.6 Å². The van der Waals surface area contributed by atoms with Crippen molar-refractivity contribution in [3.05, 3.63) is 35.9 Å². The van der Waals surface area contributed by atoms with Crippen LogP contribution in [0.15, 0.2) is 30.3 Å². The van der Waals surface area contributed by atoms with Crippen LogP contribution in [0.1, 0.15) is 45.6 Å². The van der Waals surface area contributed by atoms with Gasteiger partial charge >= 0.3 is 6.09 Å². The Morgan fingerprint density at radius 3 is 2.57 bits per heavy atom. The van der Waals surface area contributed by atoms with Gasteiger partial charge in [-0.25, -0.2) is 4.79 Å². The van der Waals surface area contributed by atoms with Crippen LogP contribution >= 0.6 is 0 Å². The summed E-state index contributed by atoms with van der Waals surface area (Å²) in [6.45, 7) is 7.45. The van der Waals surface area contributed by atoms with Gasteiger partial charge in [-0.05, 0) is 64.5 Å². The van der Waals surface area contributed by atoms with Crippen molar-refractivity contribution >= 4 is 6.09 Å². The summed E-state index contributed by atoms with van der Waals surface area (Å²) < 4.78 is 5.35. The van der Waals surface area contributed by atoms with Crippen LogP contribution in [0.3, 0.4) is 0 Å². The van der Waals surface area contributed by atoms with E-state index in [4.69, 9.17) is 4.74 Å². The molecule has 0 heterocycles. The number of carbonyl (C=O) groups is 1. The van der Waals surface area contributed by atoms with Gasteiger partial charge in [-0.3, -0.25) is 0 Å². The lowest BCUT2D eigenvalue weighted by Gasteiger charge is -2.24. The number of hydrogen-bond donors (Lipinski definition) is 2. The van der Waals surface area contributed by atoms with Crippen molar-refractivity contribution in [2.45, 2.75) is 58.1 Å². The van der Waals surface area contributed by atoms with E-state index in [0.29, 0.717) is 5.92 Å². The molecule has 4 nitrogen and oxygen atoms in total. The number of benzene rings is 1. The summed E-state index contributed by atoms with van der Waals surface area (Å²) in [6.07, 6.45) is 4.29. The van der Waals surface area contributed by atoms with E-state index >= 15 is 0 Å². The Hall–Kier alpha value is -1.55. The van der Waals surface area contributed by atoms with Crippen LogP contribution in [0.5, 0.6) is 0 Å². The van der Waals surface area contributed by atoms with Gasteiger partial charge in [0.25, 0.3) is 0 Å². The first kappa shape index (κ1) is 17.8. The van der Waals surface area contributed by atoms with Gasteiger partial charge in [-0.15, -0.1) is 0 Å². The second-order valence-electron chi connectivity index (χ2n) is 7.38. The molecule has 0 saturated heterocycles. The van der Waals surface area contributed by atoms with Crippen LogP contribution in [-0.2, 0) is 11.2 Å². The minimum absolute atomic E-state index is 0.182. The summed E-state index contributed by atoms with van der Waals surface area (Å²) in [5.74, 6) is 0.601. The zero-order chi connectivity index (χ0) is 16.7. The van der Waals surface area contributed by atoms with Gasteiger partial charge < -0.3 is 15.4 Å². The highest BCUT2D eigenvalue weighted by Gasteiger charge is 2.33. The molecule has 0 aromatic heterocycles. The number of aryl methyl sites for hydroxylation is 1. The number of carbonyl (C=O) groups excluding carboxylic acids is 1. The fourth-order valence-corrected chi connectivity index (χ4v) is 2.61. The maximum Gasteiger partial charge on any atom is 0.407 e. The highest BCUT2D eigenvalue weighted by atomic mass is 16.6. The first-order valence-electron chi connectivity index (χ1n) is 8.68. The van der Waals surface area contributed by atoms with Gasteiger partial charge in [-0.2, -0.15) is 0 Å². The molecule has 0 radical (unpaired) electrons. The van der Waals surface area contributed by atoms with Gasteiger partial charge in [0, 0.05) is 12.6 Å². The average Bonchev–Trinajstić information content (AvgIpc) is 3.29. The molecule has 1 aliphatic carbocycles. The lowest BCUT2D eigenvalue weighted by molar-refractivity contribution is 0.0497. The second-order valence-corrected chi connectivity index (χ2v) is 7.38. The number of ether oxygens (including phenoxy) is 1. The normalized spacial score (nSPS) is 16.0. The van der Waals surface area contributed by atoms with Crippen molar-refractivity contribution in [3.8, 4) is 0 Å². The van der Waals surface area contributed by atoms with Crippen LogP contribution in [0, 0.1) is 5.92 Å². The van der Waals surface area contributed by atoms with Gasteiger partial charge in [0.05, 0.1) is 0 Å². The predicted octanol–water partition coefficient (Wildman–Crippen LogP) is 3.51. The zero-order valence-corrected chi connectivity index (χ0v) is 14.6. The van der Waals surface area contributed by atoms with Crippen molar-refractivity contribution in [1.82, 2.24) is 10.6 Å². The molecule has 1 aromatic carbocycles. The van der Waals surface area contributed by atoms with E-state index in [2.05, 4.69) is 34.9 Å². The summed E-state index contributed by atoms with van der Waals surface area (Å²) in [6, 6.07) is 10.7. The highest BCUT2D eigenvalue weighted by Crippen LogP contribution is 2.32. The summed E-state index contributed by atoms with van der Waals surface area (Å²) in [7, 11) is 0. The third kappa shape index (κ3) is 7.51. The molecule has 128 valence electrons. The predicted molar refractivity (Wildman–Crippen MR) is 93.5 cm³/mol. The van der Waals surface area contributed by atoms with Crippen molar-refractivity contribution in [2.24, 2.45) is 5.92 Å². The SMILES string of the molecule is CC(C)(C)OC(=O)NC(CNCCCc1ccccc1)C1CC1. The first-order valence-corrected chi connectivity index (χ1v) is 8.68. The van der Waals surface area contributed by atoms with Crippen molar-refractivity contribution in [2.75, 3.05) is 13.1 Å². The minimum Gasteiger partial charge on any atom is -0.444 e. The van der Waals surface area contributed by atoms with E-state index in [9.17, 15) is 4.79 Å². The van der Waals surface area contributed by atoms with Crippen LogP contribution in [0.4, 0.5) is 4.79 Å². The van der Waals surface area contributed by atoms with E-state index < -0.39 is 5.60 Å². The Kier molecular flexibility index (Phi) is 6.46. The van der Waals surface area contributed by atoms with Crippen LogP contribution in [-0.4, -0.2) is 30.8 Å². The third-order valence-corrected chi connectivity index (χ3v) is 3.92. The number of hydrogen-bond acceptors (Lipinski definition) is 3. The zero-order valence-electron chi connectivity index (χ0n) is 14.6. The van der Waals surface area contributed by atoms with E-state index in [-0.39, 0.29) is 12.1 Å². The Bertz CT molecular complexity index is 478. The molecule has 1 aliphatic rings. The van der Waals surface area contributed by atoms with E-state index in [1.54, 1.807) is 0 Å². The van der Waals surface area contributed by atoms with E-state index in [1.807, 2.05) is 26.8 Å². The molecule has 2 rings (SSSR count). The maximum atomic E-state index is 11.9. The smallest absolute Gasteiger partial charge is 0.407 e. The van der Waals surface area contributed by atoms with Gasteiger partial charge in [0.15, 0.2) is 0 Å². The monoisotopic (exact) mass is 318 g/mol. The van der Waals surface area contributed by atoms with Gasteiger partial charge in [0.2, 0.25) is 0 Å². The molecule has 1 unspecified atom stereocenters. The quantitative estimate of drug-likeness (QED) is 0.721. The number of rotatable bonds is 8. The van der Waals surface area contributed by atoms with Gasteiger partial charge in [0.1, 0.15) is 5.60 Å². The second kappa shape index (κ2) is 8.34. The lowest BCUT2D eigenvalue weighted by Crippen LogP contribution is -2.45. The molecular formula is C19H30N2O2. The molecule has 1 amide bonds. The number of nitrogens with one attached hydrogen (secondary N) is 2. The van der Waals surface area contributed by atoms with E-state index in [1.165, 1.54) is 18.4 Å². The Balaban J connectivity index is 1.64. The first-order chi connectivity index (χ1) is 10.9. The third-order valence-electron chi connectivity index (χ3n) is 3.92. The molecule has 4 heteroatoms. The molecule has 0 aliphatic heterocycles. The number of alkyl carbamates (subject to hydrolysis) is 1. The largest absolute Gasteiger partial charge is 0.444 e. The van der Waals surface area contributed by atoms with Crippen molar-refractivity contribution < 1.29 is 9.53 Å². The summed E-state index contributed by atoms with van der Waals surface area (Å²) in [5.41, 5.74) is 0.932. The molecule has 1 saturated carbocycles. The molecular weight excluding hydrogens is 288 g/mol. The number of amides is 1. The lowest BCUT2D eigenvalue weighted by atomic mass is 10.1. The molecule has 0 spiro atoms. The molecule has 2 N–H and O–H groups in total. The Morgan fingerprint density at radius 2 is 1.96 bits per heavy atom. The maximum absolute atomic E-state index is 11.9. The average molecular weight is 318 g/mol. The van der Waals surface area contributed by atoms with Crippen LogP contribution in [0.2, 0.25) is 0 Å². The fourth-order valence-electron chi connectivity index (χ4n) is 2.61. The summed E-state index contributed by atoms with van der Waals surface area (Å²) in [4.78, 5) is 11.9. The van der Waals surface area contributed by atoms with Crippen molar-refractivity contribution in [1.29, 1.82) is 0 Å². The molecule has 0 bridgehead atoms.